The number of nitrogens with one attached hydrogen (secondary N) is 1. The van der Waals surface area contributed by atoms with Crippen LogP contribution in [0.2, 0.25) is 0 Å². The predicted octanol–water partition coefficient (Wildman–Crippen LogP) is 0.989. The summed E-state index contributed by atoms with van der Waals surface area (Å²) in [5, 5.41) is 3.01. The van der Waals surface area contributed by atoms with Crippen LogP contribution in [0.4, 0.5) is 0 Å². The van der Waals surface area contributed by atoms with Gasteiger partial charge in [-0.2, -0.15) is 17.0 Å². The Labute approximate surface area is 159 Å². The molecule has 2 aliphatic rings. The molecule has 152 valence electrons. The fourth-order valence-electron chi connectivity index (χ4n) is 4.23. The Bertz CT molecular complexity index is 557. The van der Waals surface area contributed by atoms with Gasteiger partial charge in [0.15, 0.2) is 0 Å². The van der Waals surface area contributed by atoms with E-state index in [2.05, 4.69) is 24.1 Å². The average molecular weight is 389 g/mol. The second kappa shape index (κ2) is 9.48. The monoisotopic (exact) mass is 388 g/mol. The van der Waals surface area contributed by atoms with E-state index in [1.807, 2.05) is 0 Å². The second-order valence-electron chi connectivity index (χ2n) is 8.34. The molecule has 0 unspecified atom stereocenters. The molecule has 0 aliphatic carbocycles. The third-order valence-corrected chi connectivity index (χ3v) is 7.34. The number of hydrogen-bond acceptors (Lipinski definition) is 4. The topological polar surface area (TPSA) is 73.0 Å². The van der Waals surface area contributed by atoms with Crippen LogP contribution in [0.5, 0.6) is 0 Å². The lowest BCUT2D eigenvalue weighted by Crippen LogP contribution is -2.49. The van der Waals surface area contributed by atoms with Gasteiger partial charge in [-0.25, -0.2) is 0 Å². The van der Waals surface area contributed by atoms with Crippen molar-refractivity contribution < 1.29 is 13.2 Å². The quantitative estimate of drug-likeness (QED) is 0.660. The molecule has 2 saturated heterocycles. The minimum Gasteiger partial charge on any atom is -0.356 e. The van der Waals surface area contributed by atoms with Crippen LogP contribution in [0, 0.1) is 17.8 Å². The lowest BCUT2D eigenvalue weighted by atomic mass is 9.92. The number of likely N-dealkylation sites (tertiary alicyclic amines) is 1. The highest BCUT2D eigenvalue weighted by molar-refractivity contribution is 7.86. The number of carbonyl (C=O) groups excluding carboxylic acids is 1. The van der Waals surface area contributed by atoms with Crippen molar-refractivity contribution in [1.82, 2.24) is 18.8 Å². The summed E-state index contributed by atoms with van der Waals surface area (Å²) in [6, 6.07) is 0. The molecule has 2 aliphatic heterocycles. The highest BCUT2D eigenvalue weighted by atomic mass is 32.2. The van der Waals surface area contributed by atoms with Gasteiger partial charge in [0.25, 0.3) is 10.2 Å². The van der Waals surface area contributed by atoms with Crippen LogP contribution < -0.4 is 5.32 Å². The van der Waals surface area contributed by atoms with E-state index in [0.29, 0.717) is 13.1 Å². The predicted molar refractivity (Wildman–Crippen MR) is 104 cm³/mol. The van der Waals surface area contributed by atoms with Gasteiger partial charge in [0, 0.05) is 46.8 Å². The third kappa shape index (κ3) is 5.90. The van der Waals surface area contributed by atoms with Crippen LogP contribution in [0.25, 0.3) is 0 Å². The van der Waals surface area contributed by atoms with Crippen molar-refractivity contribution in [3.63, 3.8) is 0 Å². The maximum atomic E-state index is 12.4. The Hall–Kier alpha value is -0.700. The van der Waals surface area contributed by atoms with E-state index < -0.39 is 10.2 Å². The highest BCUT2D eigenvalue weighted by Gasteiger charge is 2.33. The number of amides is 1. The van der Waals surface area contributed by atoms with Gasteiger partial charge in [-0.15, -0.1) is 0 Å². The van der Waals surface area contributed by atoms with E-state index in [1.165, 1.54) is 29.1 Å². The summed E-state index contributed by atoms with van der Waals surface area (Å²) in [4.78, 5) is 14.9. The molecule has 26 heavy (non-hydrogen) atoms. The van der Waals surface area contributed by atoms with Gasteiger partial charge in [-0.05, 0) is 44.1 Å². The van der Waals surface area contributed by atoms with Gasteiger partial charge in [0.2, 0.25) is 5.91 Å². The number of piperidine rings is 2. The van der Waals surface area contributed by atoms with E-state index >= 15 is 0 Å². The van der Waals surface area contributed by atoms with Gasteiger partial charge >= 0.3 is 0 Å². The Morgan fingerprint density at radius 2 is 1.81 bits per heavy atom. The Balaban J connectivity index is 1.72. The largest absolute Gasteiger partial charge is 0.356 e. The second-order valence-corrected chi connectivity index (χ2v) is 10.5. The van der Waals surface area contributed by atoms with E-state index in [-0.39, 0.29) is 18.4 Å². The molecule has 2 heterocycles. The summed E-state index contributed by atoms with van der Waals surface area (Å²) >= 11 is 0. The minimum absolute atomic E-state index is 0.0102. The third-order valence-electron chi connectivity index (χ3n) is 5.44. The van der Waals surface area contributed by atoms with Crippen LogP contribution in [0.15, 0.2) is 0 Å². The number of nitrogens with zero attached hydrogens (tertiary/aromatic N) is 3. The zero-order chi connectivity index (χ0) is 19.3. The zero-order valence-electron chi connectivity index (χ0n) is 16.8. The lowest BCUT2D eigenvalue weighted by Gasteiger charge is -2.35. The van der Waals surface area contributed by atoms with Gasteiger partial charge in [-0.1, -0.05) is 13.8 Å². The van der Waals surface area contributed by atoms with Crippen molar-refractivity contribution in [3.8, 4) is 0 Å². The van der Waals surface area contributed by atoms with Crippen molar-refractivity contribution in [2.45, 2.75) is 39.5 Å². The molecule has 0 spiro atoms. The standard InChI is InChI=1S/C18H36N4O3S/c1-15-11-16(2)13-21(12-15)9-6-8-19-18(23)17-7-5-10-22(14-17)26(24,25)20(3)4/h15-17H,5-14H2,1-4H3,(H,19,23)/t15-,16-,17-/m1/s1. The molecule has 0 saturated carbocycles. The first-order valence-corrected chi connectivity index (χ1v) is 11.3. The van der Waals surface area contributed by atoms with Crippen molar-refractivity contribution >= 4 is 16.1 Å². The smallest absolute Gasteiger partial charge is 0.281 e. The van der Waals surface area contributed by atoms with Crippen LogP contribution in [-0.4, -0.2) is 81.2 Å². The zero-order valence-corrected chi connectivity index (χ0v) is 17.6. The fraction of sp³-hybridized carbons (Fsp3) is 0.944. The molecule has 1 N–H and O–H groups in total. The van der Waals surface area contributed by atoms with Crippen LogP contribution in [-0.2, 0) is 15.0 Å². The summed E-state index contributed by atoms with van der Waals surface area (Å²) < 4.78 is 27.2. The first kappa shape index (κ1) is 21.6. The molecule has 8 heteroatoms. The van der Waals surface area contributed by atoms with Gasteiger partial charge in [0.05, 0.1) is 5.92 Å². The normalized spacial score (nSPS) is 29.0. The molecule has 0 aromatic carbocycles. The maximum absolute atomic E-state index is 12.4. The molecule has 1 amide bonds. The van der Waals surface area contributed by atoms with Crippen molar-refractivity contribution in [3.05, 3.63) is 0 Å². The van der Waals surface area contributed by atoms with Gasteiger partial charge < -0.3 is 10.2 Å². The Kier molecular flexibility index (Phi) is 7.88. The molecule has 0 aromatic rings. The van der Waals surface area contributed by atoms with Crippen LogP contribution >= 0.6 is 0 Å². The van der Waals surface area contributed by atoms with Crippen LogP contribution in [0.3, 0.4) is 0 Å². The van der Waals surface area contributed by atoms with Gasteiger partial charge in [-0.3, -0.25) is 4.79 Å². The average Bonchev–Trinajstić information content (AvgIpc) is 2.57. The van der Waals surface area contributed by atoms with Gasteiger partial charge in [0.1, 0.15) is 0 Å². The van der Waals surface area contributed by atoms with Crippen molar-refractivity contribution in [2.24, 2.45) is 17.8 Å². The highest BCUT2D eigenvalue weighted by Crippen LogP contribution is 2.21. The van der Waals surface area contributed by atoms with E-state index in [0.717, 1.165) is 50.7 Å². The molecule has 0 aromatic heterocycles. The molecule has 7 nitrogen and oxygen atoms in total. The number of hydrogen-bond donors (Lipinski definition) is 1. The number of rotatable bonds is 7. The summed E-state index contributed by atoms with van der Waals surface area (Å²) in [5.74, 6) is 1.25. The summed E-state index contributed by atoms with van der Waals surface area (Å²) in [6.07, 6.45) is 3.74. The van der Waals surface area contributed by atoms with E-state index in [4.69, 9.17) is 0 Å². The van der Waals surface area contributed by atoms with Crippen molar-refractivity contribution in [1.29, 1.82) is 0 Å². The molecular formula is C18H36N4O3S. The summed E-state index contributed by atoms with van der Waals surface area (Å²) in [5.41, 5.74) is 0. The molecule has 0 radical (unpaired) electrons. The summed E-state index contributed by atoms with van der Waals surface area (Å²) in [6.45, 7) is 9.37. The maximum Gasteiger partial charge on any atom is 0.281 e. The SMILES string of the molecule is C[C@@H]1C[C@@H](C)CN(CCCNC(=O)[C@@H]2CCCN(S(=O)(=O)N(C)C)C2)C1. The van der Waals surface area contributed by atoms with Crippen molar-refractivity contribution in [2.75, 3.05) is 53.4 Å². The molecule has 3 atom stereocenters. The Morgan fingerprint density at radius 3 is 2.42 bits per heavy atom. The molecular weight excluding hydrogens is 352 g/mol. The number of carbonyl (C=O) groups is 1. The van der Waals surface area contributed by atoms with E-state index in [1.54, 1.807) is 0 Å². The first-order chi connectivity index (χ1) is 12.2. The first-order valence-electron chi connectivity index (χ1n) is 9.87. The molecule has 2 rings (SSSR count). The molecule has 0 bridgehead atoms. The molecule has 2 fully saturated rings. The van der Waals surface area contributed by atoms with E-state index in [9.17, 15) is 13.2 Å². The lowest BCUT2D eigenvalue weighted by molar-refractivity contribution is -0.126. The van der Waals surface area contributed by atoms with Crippen LogP contribution in [0.1, 0.15) is 39.5 Å². The minimum atomic E-state index is -3.44. The Morgan fingerprint density at radius 1 is 1.15 bits per heavy atom. The summed E-state index contributed by atoms with van der Waals surface area (Å²) in [7, 11) is -0.378. The fourth-order valence-corrected chi connectivity index (χ4v) is 5.42.